The largest absolute Gasteiger partial charge is 0.310 e. The van der Waals surface area contributed by atoms with E-state index in [9.17, 15) is 0 Å². The van der Waals surface area contributed by atoms with Crippen LogP contribution in [0.4, 0.5) is 17.1 Å². The van der Waals surface area contributed by atoms with Gasteiger partial charge in [0.25, 0.3) is 0 Å². The van der Waals surface area contributed by atoms with Gasteiger partial charge in [0.1, 0.15) is 0 Å². The Hall–Kier alpha value is -7.83. The molecule has 0 radical (unpaired) electrons. The second-order valence-electron chi connectivity index (χ2n) is 16.1. The minimum atomic E-state index is -0.102. The van der Waals surface area contributed by atoms with Gasteiger partial charge in [-0.05, 0) is 76.9 Å². The summed E-state index contributed by atoms with van der Waals surface area (Å²) in [7, 11) is 0. The first-order valence-electron chi connectivity index (χ1n) is 20.5. The maximum absolute atomic E-state index is 5.32. The first-order valence-corrected chi connectivity index (χ1v) is 20.5. The summed E-state index contributed by atoms with van der Waals surface area (Å²) in [5, 5.41) is 4.58. The van der Waals surface area contributed by atoms with Crippen molar-refractivity contribution in [3.05, 3.63) is 205 Å². The van der Waals surface area contributed by atoms with E-state index in [0.29, 0.717) is 17.7 Å². The minimum Gasteiger partial charge on any atom is -0.310 e. The van der Waals surface area contributed by atoms with E-state index in [1.54, 1.807) is 0 Å². The Balaban J connectivity index is 1.01. The molecule has 3 aromatic heterocycles. The van der Waals surface area contributed by atoms with Crippen LogP contribution in [0, 0.1) is 0 Å². The van der Waals surface area contributed by atoms with Gasteiger partial charge in [-0.1, -0.05) is 153 Å². The van der Waals surface area contributed by atoms with Crippen molar-refractivity contribution >= 4 is 60.7 Å². The number of benzene rings is 8. The lowest BCUT2D eigenvalue weighted by atomic mass is 9.73. The third-order valence-corrected chi connectivity index (χ3v) is 12.4. The topological polar surface area (TPSA) is 51.8 Å². The molecule has 1 aliphatic heterocycles. The Morgan fingerprint density at radius 3 is 1.38 bits per heavy atom. The monoisotopic (exact) mass is 770 g/mol. The average Bonchev–Trinajstić information content (AvgIpc) is 3.82. The molecule has 4 heterocycles. The smallest absolute Gasteiger partial charge is 0.240 e. The highest BCUT2D eigenvalue weighted by molar-refractivity contribution is 6.11. The lowest BCUT2D eigenvalue weighted by Crippen LogP contribution is -2.30. The average molecular weight is 771 g/mol. The van der Waals surface area contributed by atoms with Crippen LogP contribution in [0.1, 0.15) is 25.0 Å². The molecule has 6 nitrogen and oxygen atoms in total. The van der Waals surface area contributed by atoms with E-state index in [4.69, 9.17) is 15.0 Å². The zero-order valence-corrected chi connectivity index (χ0v) is 33.2. The predicted molar refractivity (Wildman–Crippen MR) is 246 cm³/mol. The van der Waals surface area contributed by atoms with Crippen LogP contribution in [0.15, 0.2) is 194 Å². The molecule has 0 N–H and O–H groups in total. The van der Waals surface area contributed by atoms with Gasteiger partial charge in [-0.25, -0.2) is 0 Å². The molecule has 60 heavy (non-hydrogen) atoms. The molecule has 0 atom stereocenters. The Morgan fingerprint density at radius 1 is 0.367 bits per heavy atom. The van der Waals surface area contributed by atoms with E-state index >= 15 is 0 Å². The molecule has 0 bridgehead atoms. The maximum atomic E-state index is 5.32. The van der Waals surface area contributed by atoms with Gasteiger partial charge in [0.2, 0.25) is 11.9 Å². The quantitative estimate of drug-likeness (QED) is 0.175. The highest BCUT2D eigenvalue weighted by Gasteiger charge is 2.36. The second kappa shape index (κ2) is 13.1. The molecule has 0 saturated heterocycles. The number of hydrogen-bond donors (Lipinski definition) is 0. The molecular weight excluding hydrogens is 733 g/mol. The molecule has 284 valence electrons. The van der Waals surface area contributed by atoms with E-state index in [2.05, 4.69) is 204 Å². The molecule has 8 aromatic carbocycles. The van der Waals surface area contributed by atoms with Crippen LogP contribution >= 0.6 is 0 Å². The summed E-state index contributed by atoms with van der Waals surface area (Å²) < 4.78 is 4.36. The van der Waals surface area contributed by atoms with Crippen LogP contribution in [0.25, 0.3) is 78.0 Å². The van der Waals surface area contributed by atoms with Crippen molar-refractivity contribution in [3.63, 3.8) is 0 Å². The van der Waals surface area contributed by atoms with Gasteiger partial charge in [-0.2, -0.15) is 15.0 Å². The highest BCUT2D eigenvalue weighted by atomic mass is 15.3. The molecule has 1 aliphatic rings. The first kappa shape index (κ1) is 34.2. The summed E-state index contributed by atoms with van der Waals surface area (Å²) >= 11 is 0. The summed E-state index contributed by atoms with van der Waals surface area (Å²) in [5.41, 5.74) is 13.5. The standard InChI is InChI=1S/C54H38N6/c1-54(2)43-21-9-14-26-49(43)58(50-27-15-10-22-44(50)54)38-31-28-35(29-32-38)37-30-33-48-42(34-37)41-20-8-13-25-47(41)60(48)53-56-51(36-16-4-3-5-17-36)55-52(57-53)59-45-23-11-6-18-39(45)40-19-7-12-24-46(40)59/h3-34H,1-2H3. The Morgan fingerprint density at radius 2 is 0.817 bits per heavy atom. The minimum absolute atomic E-state index is 0.102. The first-order chi connectivity index (χ1) is 29.5. The fraction of sp³-hybridized carbons (Fsp3) is 0.0556. The molecule has 12 rings (SSSR count). The summed E-state index contributed by atoms with van der Waals surface area (Å²) in [6, 6.07) is 69.0. The van der Waals surface area contributed by atoms with E-state index < -0.39 is 0 Å². The van der Waals surface area contributed by atoms with Gasteiger partial charge < -0.3 is 4.90 Å². The third-order valence-electron chi connectivity index (χ3n) is 12.4. The van der Waals surface area contributed by atoms with Gasteiger partial charge in [-0.3, -0.25) is 9.13 Å². The normalized spacial score (nSPS) is 13.3. The molecule has 11 aromatic rings. The number of aromatic nitrogens is 5. The van der Waals surface area contributed by atoms with Gasteiger partial charge in [0, 0.05) is 38.2 Å². The Kier molecular flexibility index (Phi) is 7.47. The highest BCUT2D eigenvalue weighted by Crippen LogP contribution is 2.51. The van der Waals surface area contributed by atoms with E-state index in [0.717, 1.165) is 66.0 Å². The molecule has 0 spiro atoms. The maximum Gasteiger partial charge on any atom is 0.240 e. The summed E-state index contributed by atoms with van der Waals surface area (Å²) in [6.07, 6.45) is 0. The van der Waals surface area contributed by atoms with Crippen LogP contribution in [0.3, 0.4) is 0 Å². The van der Waals surface area contributed by atoms with E-state index in [-0.39, 0.29) is 5.41 Å². The predicted octanol–water partition coefficient (Wildman–Crippen LogP) is 13.5. The van der Waals surface area contributed by atoms with Crippen molar-refractivity contribution in [3.8, 4) is 34.4 Å². The van der Waals surface area contributed by atoms with Gasteiger partial charge >= 0.3 is 0 Å². The molecule has 0 unspecified atom stereocenters. The molecule has 0 aliphatic carbocycles. The number of para-hydroxylation sites is 5. The summed E-state index contributed by atoms with van der Waals surface area (Å²) in [5.74, 6) is 1.75. The van der Waals surface area contributed by atoms with Crippen LogP contribution in [-0.4, -0.2) is 24.1 Å². The van der Waals surface area contributed by atoms with E-state index in [1.807, 2.05) is 18.2 Å². The number of hydrogen-bond acceptors (Lipinski definition) is 4. The molecule has 6 heteroatoms. The van der Waals surface area contributed by atoms with Crippen LogP contribution < -0.4 is 4.90 Å². The zero-order valence-electron chi connectivity index (χ0n) is 33.2. The van der Waals surface area contributed by atoms with Gasteiger partial charge in [0.05, 0.1) is 33.4 Å². The van der Waals surface area contributed by atoms with Crippen molar-refractivity contribution in [1.29, 1.82) is 0 Å². The SMILES string of the molecule is CC1(C)c2ccccc2N(c2ccc(-c3ccc4c(c3)c3ccccc3n4-c3nc(-c4ccccc4)nc(-n4c5ccccc5c5ccccc54)n3)cc2)c2ccccc21. The number of nitrogens with zero attached hydrogens (tertiary/aromatic N) is 6. The van der Waals surface area contributed by atoms with E-state index in [1.165, 1.54) is 22.5 Å². The molecular formula is C54H38N6. The fourth-order valence-electron chi connectivity index (χ4n) is 9.53. The third kappa shape index (κ3) is 5.10. The van der Waals surface area contributed by atoms with Crippen LogP contribution in [0.5, 0.6) is 0 Å². The Bertz CT molecular complexity index is 3360. The van der Waals surface area contributed by atoms with Crippen molar-refractivity contribution in [2.24, 2.45) is 0 Å². The number of fused-ring (bicyclic) bond motifs is 8. The Labute approximate surface area is 347 Å². The fourth-order valence-corrected chi connectivity index (χ4v) is 9.53. The van der Waals surface area contributed by atoms with Crippen molar-refractivity contribution < 1.29 is 0 Å². The van der Waals surface area contributed by atoms with Crippen LogP contribution in [0.2, 0.25) is 0 Å². The van der Waals surface area contributed by atoms with Gasteiger partial charge in [-0.15, -0.1) is 0 Å². The van der Waals surface area contributed by atoms with Crippen LogP contribution in [-0.2, 0) is 5.41 Å². The number of anilines is 3. The molecule has 0 fully saturated rings. The summed E-state index contributed by atoms with van der Waals surface area (Å²) in [6.45, 7) is 4.65. The van der Waals surface area contributed by atoms with Crippen molar-refractivity contribution in [2.75, 3.05) is 4.90 Å². The lowest BCUT2D eigenvalue weighted by molar-refractivity contribution is 0.632. The number of rotatable bonds is 5. The van der Waals surface area contributed by atoms with Crippen molar-refractivity contribution in [2.45, 2.75) is 19.3 Å². The molecule has 0 saturated carbocycles. The summed E-state index contributed by atoms with van der Waals surface area (Å²) in [4.78, 5) is 18.1. The second-order valence-corrected chi connectivity index (χ2v) is 16.1. The lowest BCUT2D eigenvalue weighted by Gasteiger charge is -2.42. The van der Waals surface area contributed by atoms with Gasteiger partial charge in [0.15, 0.2) is 5.82 Å². The molecule has 0 amide bonds. The van der Waals surface area contributed by atoms with Crippen molar-refractivity contribution in [1.82, 2.24) is 24.1 Å². The zero-order chi connectivity index (χ0) is 40.0.